The van der Waals surface area contributed by atoms with Gasteiger partial charge in [0.1, 0.15) is 0 Å². The van der Waals surface area contributed by atoms with Crippen LogP contribution in [0.3, 0.4) is 0 Å². The maximum absolute atomic E-state index is 5.20. The molecule has 0 amide bonds. The Kier molecular flexibility index (Phi) is 4.35. The normalized spacial score (nSPS) is 10.2. The van der Waals surface area contributed by atoms with Crippen LogP contribution in [-0.2, 0) is 6.54 Å². The van der Waals surface area contributed by atoms with Crippen LogP contribution in [0, 0.1) is 0 Å². The lowest BCUT2D eigenvalue weighted by Gasteiger charge is -2.07. The van der Waals surface area contributed by atoms with Gasteiger partial charge in [0, 0.05) is 23.6 Å². The van der Waals surface area contributed by atoms with E-state index >= 15 is 0 Å². The number of nitrogens with one attached hydrogen (secondary N) is 2. The van der Waals surface area contributed by atoms with Gasteiger partial charge in [-0.3, -0.25) is 4.98 Å². The van der Waals surface area contributed by atoms with Gasteiger partial charge in [0.15, 0.2) is 5.11 Å². The van der Waals surface area contributed by atoms with E-state index in [1.54, 1.807) is 12.4 Å². The highest BCUT2D eigenvalue weighted by Gasteiger charge is 2.08. The van der Waals surface area contributed by atoms with Gasteiger partial charge in [-0.2, -0.15) is 4.98 Å². The van der Waals surface area contributed by atoms with Crippen LogP contribution in [0.5, 0.6) is 0 Å². The number of hydrogen-bond acceptors (Lipinski definition) is 5. The summed E-state index contributed by atoms with van der Waals surface area (Å²) in [6.07, 6.45) is 3.38. The molecule has 3 aromatic rings. The van der Waals surface area contributed by atoms with Crippen molar-refractivity contribution in [2.24, 2.45) is 0 Å². The molecule has 0 unspecified atom stereocenters. The Morgan fingerprint density at radius 3 is 2.64 bits per heavy atom. The van der Waals surface area contributed by atoms with Gasteiger partial charge in [-0.1, -0.05) is 35.5 Å². The van der Waals surface area contributed by atoms with Crippen LogP contribution in [-0.4, -0.2) is 20.2 Å². The third kappa shape index (κ3) is 3.64. The first-order chi connectivity index (χ1) is 10.8. The Morgan fingerprint density at radius 2 is 1.86 bits per heavy atom. The molecule has 0 aliphatic carbocycles. The standard InChI is InChI=1S/C15H13N5OS/c22-15(18-12-6-8-16-9-7-12)17-10-13-19-14(20-21-13)11-4-2-1-3-5-11/h1-9H,10H2,(H2,16,17,18,22). The molecule has 1 aromatic carbocycles. The first-order valence-corrected chi connectivity index (χ1v) is 7.05. The molecule has 3 rings (SSSR count). The number of pyridine rings is 1. The Morgan fingerprint density at radius 1 is 1.09 bits per heavy atom. The van der Waals surface area contributed by atoms with E-state index in [-0.39, 0.29) is 0 Å². The fourth-order valence-electron chi connectivity index (χ4n) is 1.80. The van der Waals surface area contributed by atoms with Crippen LogP contribution < -0.4 is 10.6 Å². The van der Waals surface area contributed by atoms with E-state index in [0.29, 0.717) is 23.4 Å². The number of thiocarbonyl (C=S) groups is 1. The molecular formula is C15H13N5OS. The van der Waals surface area contributed by atoms with Crippen molar-refractivity contribution in [2.75, 3.05) is 5.32 Å². The van der Waals surface area contributed by atoms with E-state index in [9.17, 15) is 0 Å². The van der Waals surface area contributed by atoms with Gasteiger partial charge in [-0.05, 0) is 24.4 Å². The Labute approximate surface area is 132 Å². The number of benzene rings is 1. The van der Waals surface area contributed by atoms with Gasteiger partial charge in [-0.25, -0.2) is 0 Å². The molecule has 0 saturated carbocycles. The third-order valence-electron chi connectivity index (χ3n) is 2.84. The van der Waals surface area contributed by atoms with E-state index in [0.717, 1.165) is 11.3 Å². The smallest absolute Gasteiger partial charge is 0.246 e. The predicted molar refractivity (Wildman–Crippen MR) is 87.0 cm³/mol. The van der Waals surface area contributed by atoms with Gasteiger partial charge >= 0.3 is 0 Å². The molecule has 2 N–H and O–H groups in total. The quantitative estimate of drug-likeness (QED) is 0.717. The Hall–Kier alpha value is -2.80. The van der Waals surface area contributed by atoms with E-state index in [2.05, 4.69) is 25.8 Å². The van der Waals surface area contributed by atoms with Crippen molar-refractivity contribution < 1.29 is 4.52 Å². The van der Waals surface area contributed by atoms with Crippen molar-refractivity contribution >= 4 is 23.0 Å². The summed E-state index contributed by atoms with van der Waals surface area (Å²) in [5.74, 6) is 1.03. The summed E-state index contributed by atoms with van der Waals surface area (Å²) >= 11 is 5.20. The number of anilines is 1. The predicted octanol–water partition coefficient (Wildman–Crippen LogP) is 2.62. The molecule has 0 spiro atoms. The highest BCUT2D eigenvalue weighted by Crippen LogP contribution is 2.14. The second-order valence-electron chi connectivity index (χ2n) is 4.42. The van der Waals surface area contributed by atoms with Gasteiger partial charge < -0.3 is 15.2 Å². The summed E-state index contributed by atoms with van der Waals surface area (Å²) in [7, 11) is 0. The van der Waals surface area contributed by atoms with E-state index in [1.807, 2.05) is 42.5 Å². The SMILES string of the molecule is S=C(NCc1nc(-c2ccccc2)no1)Nc1ccncc1. The molecule has 0 aliphatic heterocycles. The molecule has 0 radical (unpaired) electrons. The van der Waals surface area contributed by atoms with Crippen molar-refractivity contribution in [3.05, 3.63) is 60.7 Å². The average molecular weight is 311 g/mol. The minimum absolute atomic E-state index is 0.358. The summed E-state index contributed by atoms with van der Waals surface area (Å²) in [6.45, 7) is 0.358. The molecule has 0 saturated heterocycles. The average Bonchev–Trinajstić information content (AvgIpc) is 3.04. The fourth-order valence-corrected chi connectivity index (χ4v) is 1.99. The Balaban J connectivity index is 1.56. The van der Waals surface area contributed by atoms with Crippen molar-refractivity contribution in [3.8, 4) is 11.4 Å². The molecule has 2 heterocycles. The number of nitrogens with zero attached hydrogens (tertiary/aromatic N) is 3. The first kappa shape index (κ1) is 14.2. The second kappa shape index (κ2) is 6.77. The fraction of sp³-hybridized carbons (Fsp3) is 0.0667. The summed E-state index contributed by atoms with van der Waals surface area (Å²) in [5.41, 5.74) is 1.78. The molecule has 110 valence electrons. The van der Waals surface area contributed by atoms with Crippen LogP contribution in [0.1, 0.15) is 5.89 Å². The highest BCUT2D eigenvalue weighted by atomic mass is 32.1. The molecule has 0 fully saturated rings. The van der Waals surface area contributed by atoms with Crippen LogP contribution in [0.2, 0.25) is 0 Å². The van der Waals surface area contributed by atoms with Crippen molar-refractivity contribution in [1.82, 2.24) is 20.4 Å². The molecule has 6 nitrogen and oxygen atoms in total. The van der Waals surface area contributed by atoms with E-state index in [4.69, 9.17) is 16.7 Å². The molecule has 22 heavy (non-hydrogen) atoms. The van der Waals surface area contributed by atoms with Gasteiger partial charge in [0.2, 0.25) is 11.7 Å². The number of rotatable bonds is 4. The maximum atomic E-state index is 5.20. The largest absolute Gasteiger partial charge is 0.353 e. The lowest BCUT2D eigenvalue weighted by atomic mass is 10.2. The lowest BCUT2D eigenvalue weighted by molar-refractivity contribution is 0.376. The maximum Gasteiger partial charge on any atom is 0.246 e. The zero-order valence-electron chi connectivity index (χ0n) is 11.6. The van der Waals surface area contributed by atoms with E-state index < -0.39 is 0 Å². The molecule has 0 aliphatic rings. The summed E-state index contributed by atoms with van der Waals surface area (Å²) in [4.78, 5) is 8.26. The van der Waals surface area contributed by atoms with Crippen LogP contribution in [0.4, 0.5) is 5.69 Å². The monoisotopic (exact) mass is 311 g/mol. The molecule has 0 atom stereocenters. The summed E-state index contributed by atoms with van der Waals surface area (Å²) in [6, 6.07) is 13.3. The van der Waals surface area contributed by atoms with Gasteiger partial charge in [0.05, 0.1) is 6.54 Å². The Bertz CT molecular complexity index is 745. The van der Waals surface area contributed by atoms with Crippen LogP contribution in [0.25, 0.3) is 11.4 Å². The minimum atomic E-state index is 0.358. The van der Waals surface area contributed by atoms with Gasteiger partial charge in [-0.15, -0.1) is 0 Å². The lowest BCUT2D eigenvalue weighted by Crippen LogP contribution is -2.27. The zero-order valence-corrected chi connectivity index (χ0v) is 12.4. The first-order valence-electron chi connectivity index (χ1n) is 6.64. The second-order valence-corrected chi connectivity index (χ2v) is 4.83. The minimum Gasteiger partial charge on any atom is -0.353 e. The summed E-state index contributed by atoms with van der Waals surface area (Å²) in [5, 5.41) is 10.5. The van der Waals surface area contributed by atoms with Crippen molar-refractivity contribution in [3.63, 3.8) is 0 Å². The van der Waals surface area contributed by atoms with Gasteiger partial charge in [0.25, 0.3) is 0 Å². The van der Waals surface area contributed by atoms with Crippen molar-refractivity contribution in [1.29, 1.82) is 0 Å². The van der Waals surface area contributed by atoms with Crippen LogP contribution in [0.15, 0.2) is 59.4 Å². The topological polar surface area (TPSA) is 75.9 Å². The highest BCUT2D eigenvalue weighted by molar-refractivity contribution is 7.80. The molecule has 2 aromatic heterocycles. The van der Waals surface area contributed by atoms with E-state index in [1.165, 1.54) is 0 Å². The zero-order chi connectivity index (χ0) is 15.2. The third-order valence-corrected chi connectivity index (χ3v) is 3.08. The molecule has 0 bridgehead atoms. The van der Waals surface area contributed by atoms with Crippen molar-refractivity contribution in [2.45, 2.75) is 6.54 Å². The number of hydrogen-bond donors (Lipinski definition) is 2. The van der Waals surface area contributed by atoms with Crippen LogP contribution >= 0.6 is 12.2 Å². The molecule has 7 heteroatoms. The molecular weight excluding hydrogens is 298 g/mol. The number of aromatic nitrogens is 3. The summed E-state index contributed by atoms with van der Waals surface area (Å²) < 4.78 is 5.20.